The number of amides is 1. The number of hydrogen-bond donors (Lipinski definition) is 2. The number of carbonyl (C=O) groups excluding carboxylic acids is 1. The summed E-state index contributed by atoms with van der Waals surface area (Å²) in [7, 11) is 0. The number of rotatable bonds is 4. The first-order chi connectivity index (χ1) is 7.25. The molecule has 1 amide bonds. The Kier molecular flexibility index (Phi) is 4.64. The van der Waals surface area contributed by atoms with Crippen molar-refractivity contribution in [1.29, 1.82) is 0 Å². The summed E-state index contributed by atoms with van der Waals surface area (Å²) >= 11 is 0. The molecule has 0 bridgehead atoms. The molecule has 0 saturated carbocycles. The van der Waals surface area contributed by atoms with Crippen LogP contribution >= 0.6 is 0 Å². The van der Waals surface area contributed by atoms with E-state index in [2.05, 4.69) is 29.4 Å². The Balaban J connectivity index is 2.54. The first-order valence-corrected chi connectivity index (χ1v) is 5.64. The minimum Gasteiger partial charge on any atom is -0.345 e. The molecule has 0 aromatic carbocycles. The predicted molar refractivity (Wildman–Crippen MR) is 61.3 cm³/mol. The van der Waals surface area contributed by atoms with Crippen LogP contribution < -0.4 is 10.6 Å². The Morgan fingerprint density at radius 3 is 2.93 bits per heavy atom. The second-order valence-corrected chi connectivity index (χ2v) is 4.07. The molecule has 84 valence electrons. The highest BCUT2D eigenvalue weighted by Gasteiger charge is 2.39. The Hall–Kier alpha value is -1.01. The molecular weight excluding hydrogens is 188 g/mol. The normalized spacial score (nSPS) is 24.4. The zero-order valence-corrected chi connectivity index (χ0v) is 9.65. The van der Waals surface area contributed by atoms with Crippen LogP contribution in [0.25, 0.3) is 0 Å². The minimum atomic E-state index is -0.176. The smallest absolute Gasteiger partial charge is 0.228 e. The van der Waals surface area contributed by atoms with Crippen LogP contribution in [0.3, 0.4) is 0 Å². The van der Waals surface area contributed by atoms with Crippen LogP contribution in [-0.2, 0) is 4.79 Å². The predicted octanol–water partition coefficient (Wildman–Crippen LogP) is 0.906. The summed E-state index contributed by atoms with van der Waals surface area (Å²) in [6.45, 7) is 6.14. The van der Waals surface area contributed by atoms with Crippen molar-refractivity contribution in [2.24, 2.45) is 5.41 Å². The Morgan fingerprint density at radius 1 is 1.60 bits per heavy atom. The third-order valence-corrected chi connectivity index (χ3v) is 2.97. The van der Waals surface area contributed by atoms with Gasteiger partial charge in [0.2, 0.25) is 5.91 Å². The van der Waals surface area contributed by atoms with Gasteiger partial charge in [-0.15, -0.1) is 5.92 Å². The molecule has 1 fully saturated rings. The second kappa shape index (κ2) is 5.77. The molecule has 1 unspecified atom stereocenters. The molecule has 3 nitrogen and oxygen atoms in total. The lowest BCUT2D eigenvalue weighted by molar-refractivity contribution is -0.130. The van der Waals surface area contributed by atoms with E-state index in [1.807, 2.05) is 0 Å². The van der Waals surface area contributed by atoms with Gasteiger partial charge in [0.25, 0.3) is 0 Å². The summed E-state index contributed by atoms with van der Waals surface area (Å²) in [5.41, 5.74) is -0.176. The summed E-state index contributed by atoms with van der Waals surface area (Å²) in [4.78, 5) is 12.0. The SMILES string of the molecule is CC#CCNC(=O)C1(CCC)CCNC1. The Labute approximate surface area is 92.0 Å². The molecule has 0 aromatic rings. The van der Waals surface area contributed by atoms with Crippen LogP contribution in [0.15, 0.2) is 0 Å². The zero-order chi connectivity index (χ0) is 11.1. The molecule has 1 heterocycles. The first kappa shape index (κ1) is 12.1. The quantitative estimate of drug-likeness (QED) is 0.674. The van der Waals surface area contributed by atoms with Crippen molar-refractivity contribution in [3.8, 4) is 11.8 Å². The highest BCUT2D eigenvalue weighted by atomic mass is 16.2. The fourth-order valence-electron chi connectivity index (χ4n) is 2.14. The maximum absolute atomic E-state index is 12.0. The van der Waals surface area contributed by atoms with Crippen LogP contribution in [0, 0.1) is 17.3 Å². The fourth-order valence-corrected chi connectivity index (χ4v) is 2.14. The van der Waals surface area contributed by atoms with Crippen LogP contribution in [0.2, 0.25) is 0 Å². The van der Waals surface area contributed by atoms with Gasteiger partial charge < -0.3 is 10.6 Å². The standard InChI is InChI=1S/C12H20N2O/c1-3-5-8-14-11(15)12(6-4-2)7-9-13-10-12/h13H,4,6-10H2,1-2H3,(H,14,15). The van der Waals surface area contributed by atoms with Crippen molar-refractivity contribution in [3.05, 3.63) is 0 Å². The van der Waals surface area contributed by atoms with Gasteiger partial charge in [-0.25, -0.2) is 0 Å². The van der Waals surface area contributed by atoms with E-state index < -0.39 is 0 Å². The van der Waals surface area contributed by atoms with Gasteiger partial charge in [0.15, 0.2) is 0 Å². The molecule has 3 heteroatoms. The van der Waals surface area contributed by atoms with Gasteiger partial charge in [0.05, 0.1) is 12.0 Å². The molecule has 1 saturated heterocycles. The first-order valence-electron chi connectivity index (χ1n) is 5.64. The average Bonchev–Trinajstić information content (AvgIpc) is 2.68. The topological polar surface area (TPSA) is 41.1 Å². The lowest BCUT2D eigenvalue weighted by Crippen LogP contribution is -2.42. The van der Waals surface area contributed by atoms with Crippen LogP contribution in [-0.4, -0.2) is 25.5 Å². The molecule has 0 aliphatic carbocycles. The third-order valence-electron chi connectivity index (χ3n) is 2.97. The van der Waals surface area contributed by atoms with E-state index in [1.165, 1.54) is 0 Å². The molecule has 0 aromatic heterocycles. The highest BCUT2D eigenvalue weighted by molar-refractivity contribution is 5.83. The summed E-state index contributed by atoms with van der Waals surface area (Å²) < 4.78 is 0. The molecule has 1 rings (SSSR count). The average molecular weight is 208 g/mol. The Bertz CT molecular complexity index is 269. The fraction of sp³-hybridized carbons (Fsp3) is 0.750. The lowest BCUT2D eigenvalue weighted by Gasteiger charge is -2.25. The number of nitrogens with one attached hydrogen (secondary N) is 2. The molecule has 1 aliphatic rings. The van der Waals surface area contributed by atoms with Crippen LogP contribution in [0.5, 0.6) is 0 Å². The van der Waals surface area contributed by atoms with Crippen molar-refractivity contribution in [3.63, 3.8) is 0 Å². The van der Waals surface area contributed by atoms with E-state index in [0.29, 0.717) is 6.54 Å². The summed E-state index contributed by atoms with van der Waals surface area (Å²) in [6, 6.07) is 0. The van der Waals surface area contributed by atoms with E-state index in [-0.39, 0.29) is 11.3 Å². The van der Waals surface area contributed by atoms with Gasteiger partial charge >= 0.3 is 0 Å². The maximum Gasteiger partial charge on any atom is 0.228 e. The van der Waals surface area contributed by atoms with E-state index >= 15 is 0 Å². The van der Waals surface area contributed by atoms with Gasteiger partial charge in [-0.2, -0.15) is 0 Å². The molecule has 0 spiro atoms. The van der Waals surface area contributed by atoms with Crippen LogP contribution in [0.4, 0.5) is 0 Å². The van der Waals surface area contributed by atoms with E-state index in [1.54, 1.807) is 6.92 Å². The summed E-state index contributed by atoms with van der Waals surface area (Å²) in [5.74, 6) is 5.80. The largest absolute Gasteiger partial charge is 0.345 e. The van der Waals surface area contributed by atoms with E-state index in [4.69, 9.17) is 0 Å². The number of hydrogen-bond acceptors (Lipinski definition) is 2. The molecular formula is C12H20N2O. The van der Waals surface area contributed by atoms with Gasteiger partial charge in [-0.1, -0.05) is 19.3 Å². The molecule has 1 atom stereocenters. The van der Waals surface area contributed by atoms with Gasteiger partial charge in [-0.05, 0) is 26.3 Å². The highest BCUT2D eigenvalue weighted by Crippen LogP contribution is 2.31. The molecule has 15 heavy (non-hydrogen) atoms. The minimum absolute atomic E-state index is 0.164. The Morgan fingerprint density at radius 2 is 2.40 bits per heavy atom. The molecule has 2 N–H and O–H groups in total. The van der Waals surface area contributed by atoms with Crippen molar-refractivity contribution in [2.75, 3.05) is 19.6 Å². The van der Waals surface area contributed by atoms with Crippen molar-refractivity contribution >= 4 is 5.91 Å². The maximum atomic E-state index is 12.0. The third kappa shape index (κ3) is 2.97. The van der Waals surface area contributed by atoms with Crippen molar-refractivity contribution in [1.82, 2.24) is 10.6 Å². The number of carbonyl (C=O) groups is 1. The van der Waals surface area contributed by atoms with E-state index in [9.17, 15) is 4.79 Å². The van der Waals surface area contributed by atoms with Crippen molar-refractivity contribution < 1.29 is 4.79 Å². The molecule has 0 radical (unpaired) electrons. The zero-order valence-electron chi connectivity index (χ0n) is 9.65. The van der Waals surface area contributed by atoms with Gasteiger partial charge in [0, 0.05) is 6.54 Å². The summed E-state index contributed by atoms with van der Waals surface area (Å²) in [6.07, 6.45) is 2.96. The second-order valence-electron chi connectivity index (χ2n) is 4.07. The summed E-state index contributed by atoms with van der Waals surface area (Å²) in [5, 5.41) is 6.17. The van der Waals surface area contributed by atoms with Crippen LogP contribution in [0.1, 0.15) is 33.1 Å². The van der Waals surface area contributed by atoms with Gasteiger partial charge in [0.1, 0.15) is 0 Å². The molecule has 1 aliphatic heterocycles. The monoisotopic (exact) mass is 208 g/mol. The van der Waals surface area contributed by atoms with Crippen molar-refractivity contribution in [2.45, 2.75) is 33.1 Å². The van der Waals surface area contributed by atoms with E-state index in [0.717, 1.165) is 32.4 Å². The van der Waals surface area contributed by atoms with Gasteiger partial charge in [-0.3, -0.25) is 4.79 Å². The lowest BCUT2D eigenvalue weighted by atomic mass is 9.81.